The molecule has 1 unspecified atom stereocenters. The van der Waals surface area contributed by atoms with Crippen LogP contribution in [-0.4, -0.2) is 42.2 Å². The topological polar surface area (TPSA) is 83.6 Å². The van der Waals surface area contributed by atoms with E-state index >= 15 is 0 Å². The molecule has 182 valence electrons. The average molecular weight is 465 g/mol. The van der Waals surface area contributed by atoms with E-state index in [1.54, 1.807) is 0 Å². The van der Waals surface area contributed by atoms with Crippen LogP contribution < -0.4 is 15.5 Å². The molecule has 1 aliphatic heterocycles. The fourth-order valence-electron chi connectivity index (χ4n) is 4.87. The first kappa shape index (κ1) is 24.0. The van der Waals surface area contributed by atoms with Gasteiger partial charge in [-0.3, -0.25) is 9.78 Å². The third-order valence-corrected chi connectivity index (χ3v) is 6.66. The Morgan fingerprint density at radius 1 is 1.09 bits per heavy atom. The van der Waals surface area contributed by atoms with Crippen molar-refractivity contribution in [2.24, 2.45) is 5.92 Å². The molecule has 1 aliphatic carbocycles. The van der Waals surface area contributed by atoms with E-state index in [0.717, 1.165) is 50.8 Å². The zero-order chi connectivity index (χ0) is 24.1. The number of rotatable bonds is 6. The quantitative estimate of drug-likeness (QED) is 0.651. The fraction of sp³-hybridized carbons (Fsp3) is 0.519. The van der Waals surface area contributed by atoms with Crippen molar-refractivity contribution in [2.75, 3.05) is 24.5 Å². The van der Waals surface area contributed by atoms with Crippen molar-refractivity contribution in [2.45, 2.75) is 64.5 Å². The normalized spacial score (nSPS) is 18.3. The van der Waals surface area contributed by atoms with Gasteiger partial charge in [0.25, 0.3) is 5.91 Å². The predicted octanol–water partition coefficient (Wildman–Crippen LogP) is 4.63. The molecule has 4 rings (SSSR count). The van der Waals surface area contributed by atoms with E-state index < -0.39 is 11.7 Å². The second-order valence-corrected chi connectivity index (χ2v) is 10.3. The molecule has 0 bridgehead atoms. The maximum atomic E-state index is 12.8. The summed E-state index contributed by atoms with van der Waals surface area (Å²) in [7, 11) is 0. The van der Waals surface area contributed by atoms with Crippen LogP contribution in [0.1, 0.15) is 74.0 Å². The Balaban J connectivity index is 1.25. The number of benzene rings is 1. The predicted molar refractivity (Wildman–Crippen MR) is 133 cm³/mol. The number of aromatic nitrogens is 1. The number of carbonyl (C=O) groups is 2. The first-order chi connectivity index (χ1) is 16.3. The molecule has 1 fully saturated rings. The maximum absolute atomic E-state index is 12.8. The van der Waals surface area contributed by atoms with Gasteiger partial charge in [0.2, 0.25) is 0 Å². The van der Waals surface area contributed by atoms with Crippen LogP contribution in [0.25, 0.3) is 0 Å². The van der Waals surface area contributed by atoms with Gasteiger partial charge in [-0.1, -0.05) is 6.07 Å². The van der Waals surface area contributed by atoms with Crippen molar-refractivity contribution in [3.8, 4) is 0 Å². The lowest BCUT2D eigenvalue weighted by molar-refractivity contribution is 0.0503. The third kappa shape index (κ3) is 6.27. The zero-order valence-corrected chi connectivity index (χ0v) is 20.5. The van der Waals surface area contributed by atoms with Crippen molar-refractivity contribution >= 4 is 17.7 Å². The number of amides is 2. The van der Waals surface area contributed by atoms with Crippen LogP contribution in [-0.2, 0) is 11.2 Å². The molecule has 7 heteroatoms. The van der Waals surface area contributed by atoms with Crippen LogP contribution in [0.15, 0.2) is 42.7 Å². The fourth-order valence-corrected chi connectivity index (χ4v) is 4.87. The van der Waals surface area contributed by atoms with Gasteiger partial charge >= 0.3 is 6.09 Å². The monoisotopic (exact) mass is 464 g/mol. The summed E-state index contributed by atoms with van der Waals surface area (Å²) < 4.78 is 5.40. The first-order valence-corrected chi connectivity index (χ1v) is 12.3. The number of carbonyl (C=O) groups excluding carboxylic acids is 2. The molecule has 2 heterocycles. The summed E-state index contributed by atoms with van der Waals surface area (Å²) in [6, 6.07) is 9.82. The van der Waals surface area contributed by atoms with Crippen LogP contribution >= 0.6 is 0 Å². The lowest BCUT2D eigenvalue weighted by atomic mass is 9.93. The largest absolute Gasteiger partial charge is 0.444 e. The number of hydrogen-bond acceptors (Lipinski definition) is 5. The summed E-state index contributed by atoms with van der Waals surface area (Å²) in [6.45, 7) is 8.31. The molecule has 0 spiro atoms. The molecule has 1 aromatic heterocycles. The van der Waals surface area contributed by atoms with E-state index in [2.05, 4.69) is 32.7 Å². The Morgan fingerprint density at radius 3 is 2.53 bits per heavy atom. The highest BCUT2D eigenvalue weighted by Gasteiger charge is 2.27. The van der Waals surface area contributed by atoms with Gasteiger partial charge < -0.3 is 20.3 Å². The summed E-state index contributed by atoms with van der Waals surface area (Å²) in [6.07, 6.45) is 8.22. The minimum Gasteiger partial charge on any atom is -0.444 e. The smallest absolute Gasteiger partial charge is 0.408 e. The Morgan fingerprint density at radius 2 is 1.82 bits per heavy atom. The molecule has 2 aliphatic rings. The molecular formula is C27H36N4O3. The van der Waals surface area contributed by atoms with E-state index in [-0.39, 0.29) is 11.9 Å². The van der Waals surface area contributed by atoms with Gasteiger partial charge in [-0.15, -0.1) is 0 Å². The van der Waals surface area contributed by atoms with Crippen molar-refractivity contribution in [3.05, 3.63) is 59.4 Å². The summed E-state index contributed by atoms with van der Waals surface area (Å²) in [5.41, 5.74) is 3.53. The summed E-state index contributed by atoms with van der Waals surface area (Å²) in [4.78, 5) is 31.5. The van der Waals surface area contributed by atoms with Crippen molar-refractivity contribution < 1.29 is 14.3 Å². The molecule has 2 N–H and O–H groups in total. The lowest BCUT2D eigenvalue weighted by Gasteiger charge is -2.33. The summed E-state index contributed by atoms with van der Waals surface area (Å²) >= 11 is 0. The second-order valence-electron chi connectivity index (χ2n) is 10.3. The highest BCUT2D eigenvalue weighted by Crippen LogP contribution is 2.32. The van der Waals surface area contributed by atoms with Gasteiger partial charge in [0.05, 0.1) is 6.04 Å². The third-order valence-electron chi connectivity index (χ3n) is 6.66. The number of alkyl carbamates (subject to hydrolysis) is 1. The molecule has 2 amide bonds. The van der Waals surface area contributed by atoms with Crippen molar-refractivity contribution in [3.63, 3.8) is 0 Å². The SMILES string of the molecule is CC(C)(C)OC(=O)NC1CCc2ccc(C(=O)NCCC3CCN(c4ccncc4)CC3)cc21. The summed E-state index contributed by atoms with van der Waals surface area (Å²) in [5, 5.41) is 6.05. The number of aryl methyl sites for hydroxylation is 1. The molecule has 7 nitrogen and oxygen atoms in total. The van der Waals surface area contributed by atoms with E-state index in [9.17, 15) is 9.59 Å². The summed E-state index contributed by atoms with van der Waals surface area (Å²) in [5.74, 6) is 0.570. The van der Waals surface area contributed by atoms with Gasteiger partial charge in [0.1, 0.15) is 5.60 Å². The van der Waals surface area contributed by atoms with Crippen LogP contribution in [0.2, 0.25) is 0 Å². The molecule has 34 heavy (non-hydrogen) atoms. The molecule has 1 atom stereocenters. The van der Waals surface area contributed by atoms with Gasteiger partial charge in [0.15, 0.2) is 0 Å². The molecule has 1 saturated heterocycles. The number of piperidine rings is 1. The minimum atomic E-state index is -0.539. The number of nitrogens with one attached hydrogen (secondary N) is 2. The molecule has 1 aromatic carbocycles. The average Bonchev–Trinajstić information content (AvgIpc) is 3.20. The van der Waals surface area contributed by atoms with Crippen LogP contribution in [0.4, 0.5) is 10.5 Å². The standard InChI is InChI=1S/C27H36N4O3/c1-27(2,3)34-26(33)30-24-7-6-20-4-5-21(18-23(20)24)25(32)29-15-8-19-11-16-31(17-12-19)22-9-13-28-14-10-22/h4-5,9-10,13-14,18-19,24H,6-8,11-12,15-17H2,1-3H3,(H,29,32)(H,30,33). The van der Waals surface area contributed by atoms with Crippen LogP contribution in [0.5, 0.6) is 0 Å². The number of pyridine rings is 1. The molecule has 0 saturated carbocycles. The van der Waals surface area contributed by atoms with E-state index in [1.165, 1.54) is 11.3 Å². The maximum Gasteiger partial charge on any atom is 0.408 e. The van der Waals surface area contributed by atoms with Gasteiger partial charge in [-0.05, 0) is 94.2 Å². The van der Waals surface area contributed by atoms with Crippen LogP contribution in [0, 0.1) is 5.92 Å². The number of anilines is 1. The highest BCUT2D eigenvalue weighted by molar-refractivity contribution is 5.94. The van der Waals surface area contributed by atoms with Crippen molar-refractivity contribution in [1.82, 2.24) is 15.6 Å². The Kier molecular flexibility index (Phi) is 7.39. The second kappa shape index (κ2) is 10.5. The number of nitrogens with zero attached hydrogens (tertiary/aromatic N) is 2. The first-order valence-electron chi connectivity index (χ1n) is 12.3. The molecule has 0 radical (unpaired) electrons. The molecular weight excluding hydrogens is 428 g/mol. The number of ether oxygens (including phenoxy) is 1. The Hall–Kier alpha value is -3.09. The van der Waals surface area contributed by atoms with E-state index in [1.807, 2.05) is 51.4 Å². The van der Waals surface area contributed by atoms with Crippen LogP contribution in [0.3, 0.4) is 0 Å². The van der Waals surface area contributed by atoms with Gasteiger partial charge in [0, 0.05) is 43.3 Å². The number of hydrogen-bond donors (Lipinski definition) is 2. The Labute approximate surface area is 202 Å². The lowest BCUT2D eigenvalue weighted by Crippen LogP contribution is -2.35. The minimum absolute atomic E-state index is 0.0556. The van der Waals surface area contributed by atoms with Crippen molar-refractivity contribution in [1.29, 1.82) is 0 Å². The number of fused-ring (bicyclic) bond motifs is 1. The highest BCUT2D eigenvalue weighted by atomic mass is 16.6. The van der Waals surface area contributed by atoms with Gasteiger partial charge in [-0.2, -0.15) is 0 Å². The Bertz CT molecular complexity index is 995. The van der Waals surface area contributed by atoms with E-state index in [4.69, 9.17) is 4.74 Å². The van der Waals surface area contributed by atoms with Gasteiger partial charge in [-0.25, -0.2) is 4.79 Å². The zero-order valence-electron chi connectivity index (χ0n) is 20.5. The van der Waals surface area contributed by atoms with E-state index in [0.29, 0.717) is 18.0 Å². The molecule has 2 aromatic rings.